The number of fused-ring (bicyclic) bond motifs is 1. The first kappa shape index (κ1) is 18.4. The van der Waals surface area contributed by atoms with Gasteiger partial charge in [-0.3, -0.25) is 14.7 Å². The summed E-state index contributed by atoms with van der Waals surface area (Å²) in [6, 6.07) is 5.18. The quantitative estimate of drug-likeness (QED) is 0.740. The van der Waals surface area contributed by atoms with E-state index in [1.54, 1.807) is 12.1 Å². The molecule has 2 heterocycles. The summed E-state index contributed by atoms with van der Waals surface area (Å²) in [4.78, 5) is 20.8. The predicted molar refractivity (Wildman–Crippen MR) is 95.1 cm³/mol. The molecule has 0 saturated heterocycles. The van der Waals surface area contributed by atoms with Crippen LogP contribution in [0.15, 0.2) is 28.2 Å². The minimum atomic E-state index is -3.55. The maximum atomic E-state index is 12.3. The van der Waals surface area contributed by atoms with E-state index in [2.05, 4.69) is 14.9 Å². The van der Waals surface area contributed by atoms with Crippen LogP contribution in [0.4, 0.5) is 0 Å². The lowest BCUT2D eigenvalue weighted by Gasteiger charge is -2.27. The summed E-state index contributed by atoms with van der Waals surface area (Å²) in [5.74, 6) is 0.522. The normalized spacial score (nSPS) is 14.8. The molecule has 0 amide bonds. The van der Waals surface area contributed by atoms with Gasteiger partial charge in [0.05, 0.1) is 17.9 Å². The number of nitrogens with zero attached hydrogens (tertiary/aromatic N) is 2. The molecule has 2 N–H and O–H groups in total. The van der Waals surface area contributed by atoms with Gasteiger partial charge in [-0.1, -0.05) is 6.07 Å². The Morgan fingerprint density at radius 2 is 2.15 bits per heavy atom. The molecule has 1 aliphatic heterocycles. The molecule has 1 aliphatic rings. The van der Waals surface area contributed by atoms with Crippen molar-refractivity contribution in [1.82, 2.24) is 14.9 Å². The number of H-pyrrole nitrogens is 1. The summed E-state index contributed by atoms with van der Waals surface area (Å²) in [7, 11) is -3.55. The summed E-state index contributed by atoms with van der Waals surface area (Å²) < 4.78 is 28.6. The molecule has 0 spiro atoms. The fourth-order valence-corrected chi connectivity index (χ4v) is 3.51. The Labute approximate surface area is 151 Å². The number of rotatable bonds is 5. The van der Waals surface area contributed by atoms with Crippen molar-refractivity contribution in [2.45, 2.75) is 31.6 Å². The fourth-order valence-electron chi connectivity index (χ4n) is 2.95. The van der Waals surface area contributed by atoms with Gasteiger partial charge in [-0.05, 0) is 24.6 Å². The van der Waals surface area contributed by atoms with Gasteiger partial charge in [0, 0.05) is 32.3 Å². The molecular weight excluding hydrogens is 358 g/mol. The first-order valence-corrected chi connectivity index (χ1v) is 10.2. The second kappa shape index (κ2) is 7.08. The van der Waals surface area contributed by atoms with Crippen molar-refractivity contribution in [3.63, 3.8) is 0 Å². The Kier molecular flexibility index (Phi) is 5.01. The van der Waals surface area contributed by atoms with Gasteiger partial charge in [-0.2, -0.15) is 0 Å². The largest absolute Gasteiger partial charge is 0.504 e. The number of aromatic nitrogens is 2. The van der Waals surface area contributed by atoms with Crippen molar-refractivity contribution in [2.75, 3.05) is 19.4 Å². The zero-order valence-electron chi connectivity index (χ0n) is 14.7. The van der Waals surface area contributed by atoms with E-state index in [4.69, 9.17) is 4.74 Å². The Hall–Kier alpha value is -2.39. The van der Waals surface area contributed by atoms with Crippen LogP contribution in [0.2, 0.25) is 0 Å². The van der Waals surface area contributed by atoms with Gasteiger partial charge >= 0.3 is 0 Å². The van der Waals surface area contributed by atoms with Gasteiger partial charge in [-0.25, -0.2) is 13.4 Å². The Bertz CT molecular complexity index is 984. The van der Waals surface area contributed by atoms with Crippen LogP contribution < -0.4 is 10.3 Å². The molecule has 0 bridgehead atoms. The lowest BCUT2D eigenvalue weighted by Crippen LogP contribution is -2.36. The van der Waals surface area contributed by atoms with Crippen LogP contribution in [0, 0.1) is 0 Å². The molecule has 0 atom stereocenters. The van der Waals surface area contributed by atoms with Crippen LogP contribution in [0.5, 0.6) is 11.5 Å². The smallest absolute Gasteiger partial charge is 0.256 e. The van der Waals surface area contributed by atoms with Crippen LogP contribution in [-0.2, 0) is 29.3 Å². The minimum absolute atomic E-state index is 0.0912. The van der Waals surface area contributed by atoms with E-state index in [0.717, 1.165) is 11.8 Å². The van der Waals surface area contributed by atoms with Crippen molar-refractivity contribution >= 4 is 9.84 Å². The zero-order chi connectivity index (χ0) is 18.9. The van der Waals surface area contributed by atoms with Crippen molar-refractivity contribution in [3.8, 4) is 11.5 Å². The molecule has 0 fully saturated rings. The van der Waals surface area contributed by atoms with Gasteiger partial charge in [0.25, 0.3) is 5.56 Å². The number of phenolic OH excluding ortho intramolecular Hbond substituents is 1. The lowest BCUT2D eigenvalue weighted by molar-refractivity contribution is 0.240. The molecule has 140 valence electrons. The fraction of sp³-hybridized carbons (Fsp3) is 0.412. The summed E-state index contributed by atoms with van der Waals surface area (Å²) in [5, 5.41) is 9.51. The Balaban J connectivity index is 1.81. The molecule has 0 radical (unpaired) electrons. The second-order valence-electron chi connectivity index (χ2n) is 6.26. The van der Waals surface area contributed by atoms with Crippen molar-refractivity contribution in [1.29, 1.82) is 0 Å². The van der Waals surface area contributed by atoms with E-state index in [0.29, 0.717) is 49.7 Å². The molecular formula is C17H21N3O5S. The monoisotopic (exact) mass is 379 g/mol. The van der Waals surface area contributed by atoms with Crippen LogP contribution in [0.25, 0.3) is 0 Å². The summed E-state index contributed by atoms with van der Waals surface area (Å²) in [6.45, 7) is 3.91. The first-order chi connectivity index (χ1) is 12.3. The minimum Gasteiger partial charge on any atom is -0.504 e. The maximum Gasteiger partial charge on any atom is 0.256 e. The maximum absolute atomic E-state index is 12.3. The number of sulfone groups is 1. The highest BCUT2D eigenvalue weighted by atomic mass is 32.2. The number of aromatic amines is 1. The number of hydrogen-bond acceptors (Lipinski definition) is 7. The second-order valence-corrected chi connectivity index (χ2v) is 8.20. The van der Waals surface area contributed by atoms with E-state index >= 15 is 0 Å². The van der Waals surface area contributed by atoms with E-state index in [1.165, 1.54) is 0 Å². The molecule has 0 saturated carbocycles. The van der Waals surface area contributed by atoms with Gasteiger partial charge in [0.2, 0.25) is 15.0 Å². The summed E-state index contributed by atoms with van der Waals surface area (Å²) in [6.07, 6.45) is 1.52. The molecule has 1 aromatic heterocycles. The van der Waals surface area contributed by atoms with Crippen molar-refractivity contribution < 1.29 is 18.3 Å². The van der Waals surface area contributed by atoms with Crippen LogP contribution >= 0.6 is 0 Å². The number of ether oxygens (including phenoxy) is 1. The van der Waals surface area contributed by atoms with E-state index < -0.39 is 15.4 Å². The topological polar surface area (TPSA) is 113 Å². The van der Waals surface area contributed by atoms with Gasteiger partial charge in [-0.15, -0.1) is 0 Å². The molecule has 0 unspecified atom stereocenters. The third-order valence-corrected chi connectivity index (χ3v) is 5.10. The van der Waals surface area contributed by atoms with Crippen LogP contribution in [0.3, 0.4) is 0 Å². The van der Waals surface area contributed by atoms with E-state index in [1.807, 2.05) is 13.0 Å². The van der Waals surface area contributed by atoms with Crippen LogP contribution in [0.1, 0.15) is 23.7 Å². The van der Waals surface area contributed by atoms with Crippen molar-refractivity contribution in [2.24, 2.45) is 0 Å². The number of hydrogen-bond donors (Lipinski definition) is 2. The standard InChI is InChI=1S/C17H21N3O5S/c1-3-25-15-8-11(4-5-14(15)21)9-20-7-6-13-12(10-20)16(22)19-17(18-13)26(2,23)24/h4-5,8,21H,3,6-7,9-10H2,1-2H3,(H,18,19,22). The predicted octanol–water partition coefficient (Wildman–Crippen LogP) is 0.836. The summed E-state index contributed by atoms with van der Waals surface area (Å²) >= 11 is 0. The third kappa shape index (κ3) is 3.88. The highest BCUT2D eigenvalue weighted by molar-refractivity contribution is 7.90. The number of benzene rings is 1. The number of aromatic hydroxyl groups is 1. The van der Waals surface area contributed by atoms with Gasteiger partial charge in [0.15, 0.2) is 11.5 Å². The van der Waals surface area contributed by atoms with Gasteiger partial charge in [0.1, 0.15) is 0 Å². The highest BCUT2D eigenvalue weighted by Gasteiger charge is 2.23. The molecule has 26 heavy (non-hydrogen) atoms. The van der Waals surface area contributed by atoms with Crippen LogP contribution in [-0.4, -0.2) is 47.8 Å². The molecule has 9 heteroatoms. The SMILES string of the molecule is CCOc1cc(CN2CCc3nc(S(C)(=O)=O)[nH]c(=O)c3C2)ccc1O. The highest BCUT2D eigenvalue weighted by Crippen LogP contribution is 2.28. The van der Waals surface area contributed by atoms with E-state index in [-0.39, 0.29) is 10.9 Å². The number of phenols is 1. The summed E-state index contributed by atoms with van der Waals surface area (Å²) in [5.41, 5.74) is 1.56. The Morgan fingerprint density at radius 1 is 1.38 bits per heavy atom. The molecule has 8 nitrogen and oxygen atoms in total. The van der Waals surface area contributed by atoms with Gasteiger partial charge < -0.3 is 9.84 Å². The van der Waals surface area contributed by atoms with E-state index in [9.17, 15) is 18.3 Å². The number of nitrogens with one attached hydrogen (secondary N) is 1. The third-order valence-electron chi connectivity index (χ3n) is 4.21. The average molecular weight is 379 g/mol. The molecule has 1 aromatic carbocycles. The van der Waals surface area contributed by atoms with Crippen molar-refractivity contribution in [3.05, 3.63) is 45.4 Å². The average Bonchev–Trinajstić information content (AvgIpc) is 2.57. The Morgan fingerprint density at radius 3 is 2.85 bits per heavy atom. The molecule has 0 aliphatic carbocycles. The zero-order valence-corrected chi connectivity index (χ0v) is 15.5. The molecule has 3 rings (SSSR count). The first-order valence-electron chi connectivity index (χ1n) is 8.27. The molecule has 2 aromatic rings. The lowest BCUT2D eigenvalue weighted by atomic mass is 10.1.